The molecule has 0 unspecified atom stereocenters. The van der Waals surface area contributed by atoms with Crippen LogP contribution >= 0.6 is 0 Å². The predicted octanol–water partition coefficient (Wildman–Crippen LogP) is 2.89. The molecule has 0 bridgehead atoms. The Morgan fingerprint density at radius 3 is 2.45 bits per heavy atom. The van der Waals surface area contributed by atoms with Crippen LogP contribution in [0.2, 0.25) is 0 Å². The van der Waals surface area contributed by atoms with Gasteiger partial charge in [0.25, 0.3) is 0 Å². The molecule has 0 aromatic heterocycles. The van der Waals surface area contributed by atoms with Crippen molar-refractivity contribution in [3.05, 3.63) is 23.8 Å². The van der Waals surface area contributed by atoms with Crippen LogP contribution in [0, 0.1) is 5.92 Å². The molecular formula is C16H27NO3. The van der Waals surface area contributed by atoms with Crippen LogP contribution in [0.25, 0.3) is 0 Å². The van der Waals surface area contributed by atoms with E-state index in [1.807, 2.05) is 25.1 Å². The topological polar surface area (TPSA) is 64.7 Å². The second-order valence-corrected chi connectivity index (χ2v) is 5.41. The normalized spacial score (nSPS) is 14.2. The minimum atomic E-state index is -0.541. The fourth-order valence-electron chi connectivity index (χ4n) is 2.07. The van der Waals surface area contributed by atoms with Gasteiger partial charge in [0.15, 0.2) is 11.5 Å². The van der Waals surface area contributed by atoms with Gasteiger partial charge < -0.3 is 20.3 Å². The molecule has 0 aliphatic carbocycles. The molecule has 0 fully saturated rings. The van der Waals surface area contributed by atoms with E-state index >= 15 is 0 Å². The van der Waals surface area contributed by atoms with Gasteiger partial charge in [0.05, 0.1) is 25.9 Å². The second kappa shape index (κ2) is 8.12. The van der Waals surface area contributed by atoms with Crippen molar-refractivity contribution in [2.45, 2.75) is 45.8 Å². The third-order valence-corrected chi connectivity index (χ3v) is 3.33. The van der Waals surface area contributed by atoms with Gasteiger partial charge in [-0.15, -0.1) is 0 Å². The molecule has 0 heterocycles. The van der Waals surface area contributed by atoms with E-state index in [0.717, 1.165) is 12.0 Å². The highest BCUT2D eigenvalue weighted by Crippen LogP contribution is 2.31. The molecule has 0 saturated carbocycles. The summed E-state index contributed by atoms with van der Waals surface area (Å²) in [6.07, 6.45) is 1.12. The Balaban J connectivity index is 2.81. The number of aliphatic hydroxyl groups is 1. The van der Waals surface area contributed by atoms with Crippen molar-refractivity contribution < 1.29 is 14.6 Å². The van der Waals surface area contributed by atoms with E-state index in [9.17, 15) is 5.11 Å². The summed E-state index contributed by atoms with van der Waals surface area (Å²) in [6.45, 7) is 6.76. The Kier molecular flexibility index (Phi) is 6.82. The maximum Gasteiger partial charge on any atom is 0.161 e. The van der Waals surface area contributed by atoms with E-state index in [1.165, 1.54) is 0 Å². The van der Waals surface area contributed by atoms with Crippen LogP contribution in [-0.4, -0.2) is 24.9 Å². The quantitative estimate of drug-likeness (QED) is 0.769. The summed E-state index contributed by atoms with van der Waals surface area (Å²) in [5.74, 6) is 1.91. The first-order chi connectivity index (χ1) is 9.49. The summed E-state index contributed by atoms with van der Waals surface area (Å²) in [5.41, 5.74) is 7.00. The van der Waals surface area contributed by atoms with E-state index in [2.05, 4.69) is 13.8 Å². The third-order valence-electron chi connectivity index (χ3n) is 3.33. The molecule has 3 N–H and O–H groups in total. The van der Waals surface area contributed by atoms with Crippen LogP contribution in [-0.2, 0) is 0 Å². The molecule has 1 aromatic rings. The highest BCUT2D eigenvalue weighted by Gasteiger charge is 2.18. The zero-order valence-electron chi connectivity index (χ0n) is 12.9. The van der Waals surface area contributed by atoms with Crippen LogP contribution in [0.1, 0.15) is 45.2 Å². The summed E-state index contributed by atoms with van der Waals surface area (Å²) in [6, 6.07) is 5.16. The van der Waals surface area contributed by atoms with Crippen LogP contribution in [0.3, 0.4) is 0 Å². The average Bonchev–Trinajstić information content (AvgIpc) is 2.44. The maximum atomic E-state index is 10.2. The predicted molar refractivity (Wildman–Crippen MR) is 81.2 cm³/mol. The molecule has 20 heavy (non-hydrogen) atoms. The van der Waals surface area contributed by atoms with Gasteiger partial charge in [-0.05, 0) is 43.4 Å². The van der Waals surface area contributed by atoms with Crippen molar-refractivity contribution in [3.63, 3.8) is 0 Å². The van der Waals surface area contributed by atoms with Crippen molar-refractivity contribution >= 4 is 0 Å². The van der Waals surface area contributed by atoms with Gasteiger partial charge in [-0.3, -0.25) is 0 Å². The molecule has 114 valence electrons. The number of methoxy groups -OCH3 is 1. The number of benzene rings is 1. The highest BCUT2D eigenvalue weighted by molar-refractivity contribution is 5.44. The third kappa shape index (κ3) is 4.69. The molecule has 0 aliphatic rings. The first kappa shape index (κ1) is 16.8. The Morgan fingerprint density at radius 1 is 1.20 bits per heavy atom. The zero-order chi connectivity index (χ0) is 15.1. The van der Waals surface area contributed by atoms with E-state index < -0.39 is 12.1 Å². The number of rotatable bonds is 8. The monoisotopic (exact) mass is 281 g/mol. The lowest BCUT2D eigenvalue weighted by Crippen LogP contribution is -2.26. The molecular weight excluding hydrogens is 254 g/mol. The van der Waals surface area contributed by atoms with E-state index in [0.29, 0.717) is 30.4 Å². The van der Waals surface area contributed by atoms with Crippen molar-refractivity contribution in [1.82, 2.24) is 0 Å². The number of aliphatic hydroxyl groups excluding tert-OH is 1. The second-order valence-electron chi connectivity index (χ2n) is 5.41. The number of hydrogen-bond donors (Lipinski definition) is 2. The maximum absolute atomic E-state index is 10.2. The Bertz CT molecular complexity index is 407. The van der Waals surface area contributed by atoms with Crippen molar-refractivity contribution in [2.24, 2.45) is 11.7 Å². The number of nitrogens with two attached hydrogens (primary N) is 1. The molecule has 0 saturated heterocycles. The Labute approximate surface area is 121 Å². The molecule has 4 nitrogen and oxygen atoms in total. The number of ether oxygens (including phenoxy) is 2. The van der Waals surface area contributed by atoms with Crippen molar-refractivity contribution in [3.8, 4) is 11.5 Å². The molecule has 1 aromatic carbocycles. The molecule has 2 atom stereocenters. The largest absolute Gasteiger partial charge is 0.493 e. The minimum absolute atomic E-state index is 0.404. The van der Waals surface area contributed by atoms with Gasteiger partial charge in [0, 0.05) is 0 Å². The lowest BCUT2D eigenvalue weighted by molar-refractivity contribution is 0.128. The Morgan fingerprint density at radius 2 is 1.90 bits per heavy atom. The van der Waals surface area contributed by atoms with E-state index in [1.54, 1.807) is 7.11 Å². The zero-order valence-corrected chi connectivity index (χ0v) is 12.9. The van der Waals surface area contributed by atoms with Crippen LogP contribution in [0.5, 0.6) is 11.5 Å². The van der Waals surface area contributed by atoms with Gasteiger partial charge in [0.2, 0.25) is 0 Å². The smallest absolute Gasteiger partial charge is 0.161 e. The standard InChI is InChI=1S/C16H27NO3/c1-5-20-15-10-12(7-9-14(15)19-4)16(17)13(18)8-6-11(2)3/h7,9-11,13,16,18H,5-6,8,17H2,1-4H3/t13-,16+/m1/s1. The van der Waals surface area contributed by atoms with E-state index in [-0.39, 0.29) is 0 Å². The first-order valence-electron chi connectivity index (χ1n) is 7.24. The van der Waals surface area contributed by atoms with Gasteiger partial charge in [-0.25, -0.2) is 0 Å². The minimum Gasteiger partial charge on any atom is -0.493 e. The van der Waals surface area contributed by atoms with Gasteiger partial charge >= 0.3 is 0 Å². The molecule has 4 heteroatoms. The van der Waals surface area contributed by atoms with Gasteiger partial charge in [0.1, 0.15) is 0 Å². The van der Waals surface area contributed by atoms with E-state index in [4.69, 9.17) is 15.2 Å². The summed E-state index contributed by atoms with van der Waals surface area (Å²) in [5, 5.41) is 10.2. The SMILES string of the molecule is CCOc1cc([C@H](N)[C@H](O)CCC(C)C)ccc1OC. The van der Waals surface area contributed by atoms with Crippen LogP contribution in [0.4, 0.5) is 0 Å². The highest BCUT2D eigenvalue weighted by atomic mass is 16.5. The van der Waals surface area contributed by atoms with Gasteiger partial charge in [-0.1, -0.05) is 19.9 Å². The van der Waals surface area contributed by atoms with Gasteiger partial charge in [-0.2, -0.15) is 0 Å². The van der Waals surface area contributed by atoms with Crippen molar-refractivity contribution in [1.29, 1.82) is 0 Å². The van der Waals surface area contributed by atoms with Crippen LogP contribution < -0.4 is 15.2 Å². The average molecular weight is 281 g/mol. The molecule has 0 radical (unpaired) electrons. The lowest BCUT2D eigenvalue weighted by atomic mass is 9.96. The fourth-order valence-corrected chi connectivity index (χ4v) is 2.07. The molecule has 0 spiro atoms. The lowest BCUT2D eigenvalue weighted by Gasteiger charge is -2.21. The summed E-state index contributed by atoms with van der Waals surface area (Å²) >= 11 is 0. The summed E-state index contributed by atoms with van der Waals surface area (Å²) < 4.78 is 10.8. The molecule has 0 amide bonds. The van der Waals surface area contributed by atoms with Crippen molar-refractivity contribution in [2.75, 3.05) is 13.7 Å². The molecule has 1 rings (SSSR count). The first-order valence-corrected chi connectivity index (χ1v) is 7.24. The number of hydrogen-bond acceptors (Lipinski definition) is 4. The fraction of sp³-hybridized carbons (Fsp3) is 0.625. The summed E-state index contributed by atoms with van der Waals surface area (Å²) in [4.78, 5) is 0. The van der Waals surface area contributed by atoms with Crippen LogP contribution in [0.15, 0.2) is 18.2 Å². The molecule has 0 aliphatic heterocycles. The summed E-state index contributed by atoms with van der Waals surface area (Å²) in [7, 11) is 1.61. The Hall–Kier alpha value is -1.26.